The minimum atomic E-state index is -0.550. The van der Waals surface area contributed by atoms with Crippen molar-refractivity contribution in [1.29, 1.82) is 0 Å². The van der Waals surface area contributed by atoms with Crippen molar-refractivity contribution in [3.63, 3.8) is 0 Å². The average molecular weight is 447 g/mol. The van der Waals surface area contributed by atoms with Gasteiger partial charge in [0, 0.05) is 11.7 Å². The summed E-state index contributed by atoms with van der Waals surface area (Å²) < 4.78 is 29.2. The number of pyridine rings is 2. The first kappa shape index (κ1) is 20.6. The van der Waals surface area contributed by atoms with Gasteiger partial charge in [-0.2, -0.15) is 9.97 Å². The van der Waals surface area contributed by atoms with Crippen LogP contribution in [0.25, 0.3) is 27.8 Å². The van der Waals surface area contributed by atoms with Crippen LogP contribution in [0.2, 0.25) is 0 Å². The first-order valence-corrected chi connectivity index (χ1v) is 10.3. The normalized spacial score (nSPS) is 12.3. The van der Waals surface area contributed by atoms with E-state index < -0.39 is 23.2 Å². The van der Waals surface area contributed by atoms with Gasteiger partial charge in [-0.25, -0.2) is 13.8 Å². The highest BCUT2D eigenvalue weighted by atomic mass is 19.1. The molecule has 5 aromatic rings. The lowest BCUT2D eigenvalue weighted by Crippen LogP contribution is -2.22. The van der Waals surface area contributed by atoms with Gasteiger partial charge < -0.3 is 16.0 Å². The number of hydrogen-bond acceptors (Lipinski definition) is 6. The van der Waals surface area contributed by atoms with Crippen molar-refractivity contribution in [2.24, 2.45) is 0 Å². The van der Waals surface area contributed by atoms with Crippen molar-refractivity contribution in [2.75, 3.05) is 11.1 Å². The number of H-pyrrole nitrogens is 1. The second kappa shape index (κ2) is 7.97. The van der Waals surface area contributed by atoms with Crippen LogP contribution in [0, 0.1) is 11.6 Å². The Hall–Kier alpha value is -4.34. The van der Waals surface area contributed by atoms with Crippen molar-refractivity contribution >= 4 is 28.4 Å². The number of halogens is 2. The van der Waals surface area contributed by atoms with Crippen molar-refractivity contribution < 1.29 is 8.78 Å². The Morgan fingerprint density at radius 3 is 2.79 bits per heavy atom. The number of anilines is 2. The number of rotatable bonds is 5. The fraction of sp³-hybridized carbons (Fsp3) is 0.130. The van der Waals surface area contributed by atoms with Crippen LogP contribution in [0.4, 0.5) is 20.5 Å². The maximum Gasteiger partial charge on any atom is 0.263 e. The molecule has 0 unspecified atom stereocenters. The molecule has 8 nitrogen and oxygen atoms in total. The number of hydrogen-bond donors (Lipinski definition) is 3. The summed E-state index contributed by atoms with van der Waals surface area (Å²) in [5.41, 5.74) is 8.13. The van der Waals surface area contributed by atoms with Gasteiger partial charge in [-0.1, -0.05) is 19.1 Å². The molecule has 166 valence electrons. The molecule has 0 aliphatic heterocycles. The van der Waals surface area contributed by atoms with Gasteiger partial charge in [0.25, 0.3) is 5.56 Å². The summed E-state index contributed by atoms with van der Waals surface area (Å²) in [7, 11) is 0. The van der Waals surface area contributed by atoms with Crippen molar-refractivity contribution in [2.45, 2.75) is 19.4 Å². The number of benzene rings is 1. The summed E-state index contributed by atoms with van der Waals surface area (Å²) in [6, 6.07) is 9.96. The third kappa shape index (κ3) is 3.65. The van der Waals surface area contributed by atoms with Gasteiger partial charge in [-0.3, -0.25) is 9.20 Å². The third-order valence-corrected chi connectivity index (χ3v) is 5.48. The number of imidazole rings is 1. The number of nitrogens with one attached hydrogen (secondary N) is 2. The fourth-order valence-electron chi connectivity index (χ4n) is 3.98. The van der Waals surface area contributed by atoms with Gasteiger partial charge in [0.1, 0.15) is 17.2 Å². The van der Waals surface area contributed by atoms with E-state index in [0.717, 1.165) is 6.20 Å². The Labute approximate surface area is 186 Å². The maximum absolute atomic E-state index is 14.1. The molecule has 4 aromatic heterocycles. The van der Waals surface area contributed by atoms with Crippen molar-refractivity contribution in [3.05, 3.63) is 82.5 Å². The number of aromatic amines is 1. The summed E-state index contributed by atoms with van der Waals surface area (Å²) in [6.45, 7) is 1.94. The second-order valence-electron chi connectivity index (χ2n) is 7.57. The zero-order valence-electron chi connectivity index (χ0n) is 17.5. The van der Waals surface area contributed by atoms with Crippen LogP contribution in [0.5, 0.6) is 0 Å². The molecular formula is C23H19F2N7O. The monoisotopic (exact) mass is 447 g/mol. The Morgan fingerprint density at radius 1 is 1.15 bits per heavy atom. The quantitative estimate of drug-likeness (QED) is 0.374. The molecule has 4 heterocycles. The SMILES string of the molecule is CC[C@@H](Nc1nc(N)nc2nc[nH]c12)c1cc2ccc(F)cn2c(=O)c1-c1cccc(F)c1. The average Bonchev–Trinajstić information content (AvgIpc) is 3.26. The van der Waals surface area contributed by atoms with E-state index in [1.165, 1.54) is 41.1 Å². The van der Waals surface area contributed by atoms with Crippen LogP contribution >= 0.6 is 0 Å². The van der Waals surface area contributed by atoms with E-state index in [2.05, 4.69) is 25.3 Å². The Bertz CT molecular complexity index is 1560. The van der Waals surface area contributed by atoms with Gasteiger partial charge in [0.2, 0.25) is 5.95 Å². The fourth-order valence-corrected chi connectivity index (χ4v) is 3.98. The molecule has 0 bridgehead atoms. The van der Waals surface area contributed by atoms with E-state index in [1.807, 2.05) is 6.92 Å². The maximum atomic E-state index is 14.1. The molecule has 1 aromatic carbocycles. The smallest absolute Gasteiger partial charge is 0.263 e. The molecule has 0 saturated carbocycles. The lowest BCUT2D eigenvalue weighted by Gasteiger charge is -2.22. The highest BCUT2D eigenvalue weighted by molar-refractivity contribution is 5.84. The summed E-state index contributed by atoms with van der Waals surface area (Å²) in [4.78, 5) is 29.0. The molecule has 1 atom stereocenters. The molecule has 4 N–H and O–H groups in total. The topological polar surface area (TPSA) is 114 Å². The standard InChI is InChI=1S/C23H19F2N7O/c1-2-17(29-21-19-20(28-11-27-19)30-23(26)31-21)16-9-15-7-6-14(25)10-32(15)22(33)18(16)12-4-3-5-13(24)8-12/h3-11,17H,2H2,1H3,(H4,26,27,28,29,30,31)/t17-/m1/s1. The predicted octanol–water partition coefficient (Wildman–Crippen LogP) is 4.06. The van der Waals surface area contributed by atoms with Gasteiger partial charge in [-0.15, -0.1) is 0 Å². The zero-order valence-corrected chi connectivity index (χ0v) is 17.5. The Kier molecular flexibility index (Phi) is 4.97. The van der Waals surface area contributed by atoms with Gasteiger partial charge >= 0.3 is 0 Å². The van der Waals surface area contributed by atoms with E-state index >= 15 is 0 Å². The first-order chi connectivity index (χ1) is 15.9. The van der Waals surface area contributed by atoms with Crippen LogP contribution < -0.4 is 16.6 Å². The number of fused-ring (bicyclic) bond motifs is 2. The zero-order chi connectivity index (χ0) is 23.1. The lowest BCUT2D eigenvalue weighted by atomic mass is 9.94. The molecule has 0 saturated heterocycles. The lowest BCUT2D eigenvalue weighted by molar-refractivity contribution is 0.617. The molecule has 33 heavy (non-hydrogen) atoms. The number of nitrogens with two attached hydrogens (primary N) is 1. The third-order valence-electron chi connectivity index (χ3n) is 5.48. The highest BCUT2D eigenvalue weighted by Gasteiger charge is 2.22. The van der Waals surface area contributed by atoms with Crippen LogP contribution in [0.3, 0.4) is 0 Å². The van der Waals surface area contributed by atoms with Crippen LogP contribution in [-0.2, 0) is 0 Å². The molecule has 10 heteroatoms. The summed E-state index contributed by atoms with van der Waals surface area (Å²) in [5.74, 6) is -0.561. The Morgan fingerprint density at radius 2 is 2.00 bits per heavy atom. The first-order valence-electron chi connectivity index (χ1n) is 10.3. The molecule has 0 radical (unpaired) electrons. The van der Waals surface area contributed by atoms with E-state index in [-0.39, 0.29) is 11.5 Å². The number of nitrogen functional groups attached to an aromatic ring is 1. The second-order valence-corrected chi connectivity index (χ2v) is 7.57. The van der Waals surface area contributed by atoms with E-state index in [1.54, 1.807) is 12.1 Å². The molecule has 0 aliphatic rings. The minimum Gasteiger partial charge on any atom is -0.368 e. The molecule has 5 rings (SSSR count). The summed E-state index contributed by atoms with van der Waals surface area (Å²) in [6.07, 6.45) is 3.16. The predicted molar refractivity (Wildman–Crippen MR) is 122 cm³/mol. The summed E-state index contributed by atoms with van der Waals surface area (Å²) >= 11 is 0. The van der Waals surface area contributed by atoms with Crippen LogP contribution in [0.15, 0.2) is 59.8 Å². The van der Waals surface area contributed by atoms with E-state index in [4.69, 9.17) is 5.73 Å². The van der Waals surface area contributed by atoms with Gasteiger partial charge in [0.05, 0.1) is 17.9 Å². The van der Waals surface area contributed by atoms with Crippen LogP contribution in [-0.4, -0.2) is 24.3 Å². The highest BCUT2D eigenvalue weighted by Crippen LogP contribution is 2.32. The number of nitrogens with zero attached hydrogens (tertiary/aromatic N) is 4. The molecule has 0 fully saturated rings. The van der Waals surface area contributed by atoms with Crippen molar-refractivity contribution in [3.8, 4) is 11.1 Å². The minimum absolute atomic E-state index is 0.0476. The van der Waals surface area contributed by atoms with Crippen LogP contribution in [0.1, 0.15) is 24.9 Å². The summed E-state index contributed by atoms with van der Waals surface area (Å²) in [5, 5.41) is 3.32. The Balaban J connectivity index is 1.74. The van der Waals surface area contributed by atoms with Gasteiger partial charge in [-0.05, 0) is 47.9 Å². The molecule has 0 amide bonds. The molecule has 0 spiro atoms. The largest absolute Gasteiger partial charge is 0.368 e. The van der Waals surface area contributed by atoms with Crippen molar-refractivity contribution in [1.82, 2.24) is 24.3 Å². The molecular weight excluding hydrogens is 428 g/mol. The van der Waals surface area contributed by atoms with Gasteiger partial charge in [0.15, 0.2) is 11.5 Å². The number of aromatic nitrogens is 5. The van der Waals surface area contributed by atoms with E-state index in [0.29, 0.717) is 40.0 Å². The van der Waals surface area contributed by atoms with E-state index in [9.17, 15) is 13.6 Å². The molecule has 0 aliphatic carbocycles.